The lowest BCUT2D eigenvalue weighted by molar-refractivity contribution is -0.383. The summed E-state index contributed by atoms with van der Waals surface area (Å²) in [4.78, 5) is 11.9. The summed E-state index contributed by atoms with van der Waals surface area (Å²) < 4.78 is 38.7. The van der Waals surface area contributed by atoms with Crippen LogP contribution in [0.2, 0.25) is 5.02 Å². The van der Waals surface area contributed by atoms with Crippen molar-refractivity contribution in [2.75, 3.05) is 30.4 Å². The third-order valence-corrected chi connectivity index (χ3v) is 4.06. The van der Waals surface area contributed by atoms with Crippen molar-refractivity contribution in [1.82, 2.24) is 0 Å². The monoisotopic (exact) mass is 337 g/mol. The molecule has 1 heterocycles. The highest BCUT2D eigenvalue weighted by atomic mass is 35.5. The van der Waals surface area contributed by atoms with E-state index < -0.39 is 17.0 Å². The summed E-state index contributed by atoms with van der Waals surface area (Å²) in [5.74, 6) is -1.41. The highest BCUT2D eigenvalue weighted by Gasteiger charge is 2.42. The molecular weight excluding hydrogens is 323 g/mol. The van der Waals surface area contributed by atoms with E-state index in [2.05, 4.69) is 5.32 Å². The van der Waals surface area contributed by atoms with Crippen molar-refractivity contribution in [2.45, 2.75) is 19.0 Å². The van der Waals surface area contributed by atoms with Crippen molar-refractivity contribution < 1.29 is 18.1 Å². The molecule has 1 fully saturated rings. The predicted octanol–water partition coefficient (Wildman–Crippen LogP) is 4.07. The molecule has 1 aliphatic rings. The number of nitro benzene ring substituents is 1. The summed E-state index contributed by atoms with van der Waals surface area (Å²) in [5.41, 5.74) is 0.393. The number of alkyl halides is 3. The Labute approximate surface area is 130 Å². The van der Waals surface area contributed by atoms with Crippen LogP contribution in [0.1, 0.15) is 12.8 Å². The Morgan fingerprint density at radius 1 is 1.45 bits per heavy atom. The molecule has 1 aromatic rings. The number of piperidine rings is 1. The number of nitrogens with zero attached hydrogens (tertiary/aromatic N) is 2. The summed E-state index contributed by atoms with van der Waals surface area (Å²) in [6.45, 7) is 0.247. The van der Waals surface area contributed by atoms with Gasteiger partial charge in [-0.2, -0.15) is 13.2 Å². The maximum absolute atomic E-state index is 12.9. The van der Waals surface area contributed by atoms with Gasteiger partial charge in [0.05, 0.1) is 21.6 Å². The van der Waals surface area contributed by atoms with Gasteiger partial charge in [0, 0.05) is 26.2 Å². The minimum absolute atomic E-state index is 0.0773. The van der Waals surface area contributed by atoms with Gasteiger partial charge >= 0.3 is 6.18 Å². The van der Waals surface area contributed by atoms with Gasteiger partial charge in [-0.05, 0) is 18.9 Å². The van der Waals surface area contributed by atoms with E-state index in [1.165, 1.54) is 24.1 Å². The molecule has 0 bridgehead atoms. The van der Waals surface area contributed by atoms with Gasteiger partial charge in [-0.1, -0.05) is 11.6 Å². The molecule has 9 heteroatoms. The topological polar surface area (TPSA) is 58.4 Å². The van der Waals surface area contributed by atoms with Crippen LogP contribution < -0.4 is 10.2 Å². The number of hydrogen-bond donors (Lipinski definition) is 1. The normalized spacial score (nSPS) is 19.1. The maximum atomic E-state index is 12.9. The summed E-state index contributed by atoms with van der Waals surface area (Å²) in [5, 5.41) is 13.7. The van der Waals surface area contributed by atoms with E-state index in [-0.39, 0.29) is 29.4 Å². The van der Waals surface area contributed by atoms with Crippen molar-refractivity contribution >= 4 is 28.7 Å². The molecule has 0 amide bonds. The maximum Gasteiger partial charge on any atom is 0.393 e. The van der Waals surface area contributed by atoms with Crippen LogP contribution in [0.4, 0.5) is 30.2 Å². The molecule has 0 unspecified atom stereocenters. The number of nitrogens with one attached hydrogen (secondary N) is 1. The zero-order valence-corrected chi connectivity index (χ0v) is 12.5. The molecule has 122 valence electrons. The van der Waals surface area contributed by atoms with Crippen LogP contribution in [0.5, 0.6) is 0 Å². The van der Waals surface area contributed by atoms with Crippen LogP contribution in [0.3, 0.4) is 0 Å². The molecule has 1 aromatic carbocycles. The number of halogens is 4. The molecule has 1 N–H and O–H groups in total. The van der Waals surface area contributed by atoms with E-state index in [0.717, 1.165) is 0 Å². The van der Waals surface area contributed by atoms with Crippen LogP contribution >= 0.6 is 11.6 Å². The number of anilines is 2. The number of benzene rings is 1. The molecule has 0 spiro atoms. The van der Waals surface area contributed by atoms with E-state index >= 15 is 0 Å². The zero-order valence-electron chi connectivity index (χ0n) is 11.8. The second kappa shape index (κ2) is 6.20. The first-order valence-corrected chi connectivity index (χ1v) is 7.09. The molecule has 1 saturated heterocycles. The van der Waals surface area contributed by atoms with E-state index in [1.807, 2.05) is 0 Å². The van der Waals surface area contributed by atoms with Crippen molar-refractivity contribution in [3.63, 3.8) is 0 Å². The Morgan fingerprint density at radius 2 is 2.14 bits per heavy atom. The average Bonchev–Trinajstić information content (AvgIpc) is 2.46. The molecule has 1 atom stereocenters. The van der Waals surface area contributed by atoms with Gasteiger partial charge in [-0.15, -0.1) is 0 Å². The molecule has 0 aliphatic carbocycles. The van der Waals surface area contributed by atoms with E-state index in [0.29, 0.717) is 18.7 Å². The first kappa shape index (κ1) is 16.7. The molecular formula is C13H15ClF3N3O2. The Kier molecular flexibility index (Phi) is 4.69. The van der Waals surface area contributed by atoms with Crippen LogP contribution in [0.25, 0.3) is 0 Å². The average molecular weight is 338 g/mol. The smallest absolute Gasteiger partial charge is 0.383 e. The van der Waals surface area contributed by atoms with Crippen molar-refractivity contribution in [3.05, 3.63) is 27.3 Å². The highest BCUT2D eigenvalue weighted by Crippen LogP contribution is 2.40. The Morgan fingerprint density at radius 3 is 2.68 bits per heavy atom. The minimum Gasteiger partial charge on any atom is -0.383 e. The fraction of sp³-hybridized carbons (Fsp3) is 0.538. The molecule has 5 nitrogen and oxygen atoms in total. The third kappa shape index (κ3) is 3.37. The second-order valence-corrected chi connectivity index (χ2v) is 5.56. The molecule has 22 heavy (non-hydrogen) atoms. The molecule has 0 radical (unpaired) electrons. The van der Waals surface area contributed by atoms with Gasteiger partial charge in [0.1, 0.15) is 5.69 Å². The lowest BCUT2D eigenvalue weighted by Gasteiger charge is -2.35. The lowest BCUT2D eigenvalue weighted by Crippen LogP contribution is -2.41. The molecule has 2 rings (SSSR count). The van der Waals surface area contributed by atoms with Gasteiger partial charge in [-0.25, -0.2) is 0 Å². The van der Waals surface area contributed by atoms with Gasteiger partial charge in [-0.3, -0.25) is 10.1 Å². The first-order valence-electron chi connectivity index (χ1n) is 6.71. The minimum atomic E-state index is -4.25. The van der Waals surface area contributed by atoms with Crippen molar-refractivity contribution in [2.24, 2.45) is 5.92 Å². The van der Waals surface area contributed by atoms with E-state index in [1.54, 1.807) is 0 Å². The fourth-order valence-corrected chi connectivity index (χ4v) is 2.89. The van der Waals surface area contributed by atoms with Crippen LogP contribution in [-0.4, -0.2) is 31.2 Å². The quantitative estimate of drug-likeness (QED) is 0.667. The standard InChI is InChI=1S/C13H15ClF3N3O2/c1-18-10-6-11(9(14)5-12(10)20(21)22)19-4-2-3-8(7-19)13(15,16)17/h5-6,8,18H,2-4,7H2,1H3/t8-/m1/s1. The molecule has 0 saturated carbocycles. The summed E-state index contributed by atoms with van der Waals surface area (Å²) in [7, 11) is 1.51. The Bertz CT molecular complexity index is 580. The van der Waals surface area contributed by atoms with E-state index in [4.69, 9.17) is 11.6 Å². The Hall–Kier alpha value is -1.70. The van der Waals surface area contributed by atoms with Crippen molar-refractivity contribution in [3.8, 4) is 0 Å². The van der Waals surface area contributed by atoms with Crippen LogP contribution in [0, 0.1) is 16.0 Å². The zero-order chi connectivity index (χ0) is 16.5. The van der Waals surface area contributed by atoms with Gasteiger partial charge in [0.25, 0.3) is 5.69 Å². The predicted molar refractivity (Wildman–Crippen MR) is 78.6 cm³/mol. The van der Waals surface area contributed by atoms with Gasteiger partial charge in [0.2, 0.25) is 0 Å². The SMILES string of the molecule is CNc1cc(N2CCC[C@@H](C(F)(F)F)C2)c(Cl)cc1[N+](=O)[O-]. The number of hydrogen-bond acceptors (Lipinski definition) is 4. The number of nitro groups is 1. The number of rotatable bonds is 3. The van der Waals surface area contributed by atoms with Crippen LogP contribution in [0.15, 0.2) is 12.1 Å². The van der Waals surface area contributed by atoms with Gasteiger partial charge < -0.3 is 10.2 Å². The third-order valence-electron chi connectivity index (χ3n) is 3.76. The summed E-state index contributed by atoms with van der Waals surface area (Å²) in [6, 6.07) is 2.60. The molecule has 0 aromatic heterocycles. The first-order chi connectivity index (χ1) is 10.2. The summed E-state index contributed by atoms with van der Waals surface area (Å²) in [6.07, 6.45) is -3.77. The van der Waals surface area contributed by atoms with E-state index in [9.17, 15) is 23.3 Å². The largest absolute Gasteiger partial charge is 0.393 e. The Balaban J connectivity index is 2.34. The van der Waals surface area contributed by atoms with Crippen molar-refractivity contribution in [1.29, 1.82) is 0 Å². The summed E-state index contributed by atoms with van der Waals surface area (Å²) >= 11 is 6.04. The highest BCUT2D eigenvalue weighted by molar-refractivity contribution is 6.33. The fourth-order valence-electron chi connectivity index (χ4n) is 2.61. The second-order valence-electron chi connectivity index (χ2n) is 5.15. The van der Waals surface area contributed by atoms with Gasteiger partial charge in [0.15, 0.2) is 0 Å². The van der Waals surface area contributed by atoms with Crippen LogP contribution in [-0.2, 0) is 0 Å². The lowest BCUT2D eigenvalue weighted by atomic mass is 9.97. The molecule has 1 aliphatic heterocycles.